The Kier molecular flexibility index (Phi) is 3.26. The smallest absolute Gasteiger partial charge is 0.232 e. The summed E-state index contributed by atoms with van der Waals surface area (Å²) in [6.07, 6.45) is 2.14. The van der Waals surface area contributed by atoms with E-state index in [9.17, 15) is 0 Å². The molecule has 1 aliphatic heterocycles. The summed E-state index contributed by atoms with van der Waals surface area (Å²) in [6, 6.07) is 0. The fourth-order valence-corrected chi connectivity index (χ4v) is 1.98. The van der Waals surface area contributed by atoms with Crippen LogP contribution in [0.1, 0.15) is 49.7 Å². The van der Waals surface area contributed by atoms with E-state index in [0.717, 1.165) is 19.4 Å². The maximum absolute atomic E-state index is 5.88. The summed E-state index contributed by atoms with van der Waals surface area (Å²) in [5.41, 5.74) is 0. The molecule has 2 heterocycles. The summed E-state index contributed by atoms with van der Waals surface area (Å²) >= 11 is 5.88. The zero-order chi connectivity index (χ0) is 10.8. The molecule has 3 unspecified atom stereocenters. The second kappa shape index (κ2) is 4.49. The molecular weight excluding hydrogens is 216 g/mol. The summed E-state index contributed by atoms with van der Waals surface area (Å²) < 4.78 is 10.8. The highest BCUT2D eigenvalue weighted by Crippen LogP contribution is 2.32. The fraction of sp³-hybridized carbons (Fsp3) is 0.800. The van der Waals surface area contributed by atoms with Gasteiger partial charge in [0.1, 0.15) is 0 Å². The molecule has 1 saturated heterocycles. The molecule has 84 valence electrons. The van der Waals surface area contributed by atoms with Gasteiger partial charge in [-0.05, 0) is 19.8 Å². The molecule has 3 atom stereocenters. The maximum Gasteiger partial charge on any atom is 0.232 e. The van der Waals surface area contributed by atoms with Crippen LogP contribution in [-0.2, 0) is 4.74 Å². The number of rotatable bonds is 3. The SMILES string of the molecule is CCC1OCCC1c1nc(C(C)Cl)no1. The number of ether oxygens (including phenoxy) is 1. The molecule has 0 radical (unpaired) electrons. The van der Waals surface area contributed by atoms with E-state index in [1.807, 2.05) is 6.92 Å². The average molecular weight is 231 g/mol. The second-order valence-electron chi connectivity index (χ2n) is 3.82. The summed E-state index contributed by atoms with van der Waals surface area (Å²) in [5, 5.41) is 3.65. The van der Waals surface area contributed by atoms with Crippen molar-refractivity contribution in [1.29, 1.82) is 0 Å². The average Bonchev–Trinajstić information content (AvgIpc) is 2.85. The third-order valence-corrected chi connectivity index (χ3v) is 2.94. The summed E-state index contributed by atoms with van der Waals surface area (Å²) in [4.78, 5) is 4.30. The summed E-state index contributed by atoms with van der Waals surface area (Å²) in [5.74, 6) is 1.47. The van der Waals surface area contributed by atoms with E-state index < -0.39 is 0 Å². The normalized spacial score (nSPS) is 28.2. The molecule has 15 heavy (non-hydrogen) atoms. The molecule has 2 rings (SSSR count). The van der Waals surface area contributed by atoms with E-state index in [2.05, 4.69) is 17.1 Å². The van der Waals surface area contributed by atoms with Crippen LogP contribution >= 0.6 is 11.6 Å². The minimum atomic E-state index is -0.204. The van der Waals surface area contributed by atoms with Crippen molar-refractivity contribution in [2.75, 3.05) is 6.61 Å². The Hall–Kier alpha value is -0.610. The molecule has 5 heteroatoms. The Morgan fingerprint density at radius 1 is 1.60 bits per heavy atom. The molecule has 0 aliphatic carbocycles. The lowest BCUT2D eigenvalue weighted by atomic mass is 10.00. The van der Waals surface area contributed by atoms with Crippen molar-refractivity contribution in [3.63, 3.8) is 0 Å². The minimum Gasteiger partial charge on any atom is -0.377 e. The third-order valence-electron chi connectivity index (χ3n) is 2.74. The van der Waals surface area contributed by atoms with Gasteiger partial charge in [-0.25, -0.2) is 0 Å². The molecule has 0 amide bonds. The predicted molar refractivity (Wildman–Crippen MR) is 56.0 cm³/mol. The number of alkyl halides is 1. The molecule has 1 aliphatic rings. The number of nitrogens with zero attached hydrogens (tertiary/aromatic N) is 2. The maximum atomic E-state index is 5.88. The van der Waals surface area contributed by atoms with Gasteiger partial charge in [0.25, 0.3) is 0 Å². The molecule has 0 aromatic carbocycles. The van der Waals surface area contributed by atoms with Gasteiger partial charge in [0.15, 0.2) is 5.82 Å². The van der Waals surface area contributed by atoms with Crippen LogP contribution in [0.2, 0.25) is 0 Å². The lowest BCUT2D eigenvalue weighted by Crippen LogP contribution is -2.13. The number of hydrogen-bond acceptors (Lipinski definition) is 4. The quantitative estimate of drug-likeness (QED) is 0.749. The van der Waals surface area contributed by atoms with Crippen LogP contribution in [-0.4, -0.2) is 22.9 Å². The summed E-state index contributed by atoms with van der Waals surface area (Å²) in [7, 11) is 0. The molecule has 0 saturated carbocycles. The van der Waals surface area contributed by atoms with Gasteiger partial charge in [0, 0.05) is 6.61 Å². The number of hydrogen-bond donors (Lipinski definition) is 0. The van der Waals surface area contributed by atoms with Crippen molar-refractivity contribution in [3.8, 4) is 0 Å². The molecule has 0 N–H and O–H groups in total. The largest absolute Gasteiger partial charge is 0.377 e. The lowest BCUT2D eigenvalue weighted by molar-refractivity contribution is 0.0953. The van der Waals surface area contributed by atoms with Crippen LogP contribution in [0.25, 0.3) is 0 Å². The van der Waals surface area contributed by atoms with Gasteiger partial charge in [-0.15, -0.1) is 11.6 Å². The van der Waals surface area contributed by atoms with Crippen molar-refractivity contribution in [1.82, 2.24) is 10.1 Å². The first-order chi connectivity index (χ1) is 7.22. The molecule has 1 aromatic heterocycles. The van der Waals surface area contributed by atoms with E-state index >= 15 is 0 Å². The van der Waals surface area contributed by atoms with E-state index in [1.54, 1.807) is 0 Å². The first-order valence-corrected chi connectivity index (χ1v) is 5.75. The van der Waals surface area contributed by atoms with Crippen LogP contribution in [0.3, 0.4) is 0 Å². The number of aromatic nitrogens is 2. The van der Waals surface area contributed by atoms with E-state index in [4.69, 9.17) is 20.9 Å². The fourth-order valence-electron chi connectivity index (χ4n) is 1.89. The van der Waals surface area contributed by atoms with Gasteiger partial charge in [-0.1, -0.05) is 12.1 Å². The van der Waals surface area contributed by atoms with Gasteiger partial charge in [0.05, 0.1) is 17.4 Å². The first-order valence-electron chi connectivity index (χ1n) is 5.31. The highest BCUT2D eigenvalue weighted by atomic mass is 35.5. The Morgan fingerprint density at radius 2 is 2.40 bits per heavy atom. The topological polar surface area (TPSA) is 48.2 Å². The standard InChI is InChI=1S/C10H15ClN2O2/c1-3-8-7(4-5-14-8)10-12-9(6(2)11)13-15-10/h6-8H,3-5H2,1-2H3. The van der Waals surface area contributed by atoms with Crippen LogP contribution in [0.15, 0.2) is 4.52 Å². The van der Waals surface area contributed by atoms with Gasteiger partial charge >= 0.3 is 0 Å². The Balaban J connectivity index is 2.14. The van der Waals surface area contributed by atoms with Crippen LogP contribution < -0.4 is 0 Å². The van der Waals surface area contributed by atoms with Crippen molar-refractivity contribution < 1.29 is 9.26 Å². The van der Waals surface area contributed by atoms with E-state index in [0.29, 0.717) is 11.7 Å². The molecule has 1 aromatic rings. The van der Waals surface area contributed by atoms with Gasteiger partial charge in [-0.3, -0.25) is 0 Å². The van der Waals surface area contributed by atoms with Crippen molar-refractivity contribution in [3.05, 3.63) is 11.7 Å². The molecular formula is C10H15ClN2O2. The van der Waals surface area contributed by atoms with E-state index in [1.165, 1.54) is 0 Å². The molecule has 0 spiro atoms. The molecule has 4 nitrogen and oxygen atoms in total. The van der Waals surface area contributed by atoms with Crippen molar-refractivity contribution in [2.24, 2.45) is 0 Å². The summed E-state index contributed by atoms with van der Waals surface area (Å²) in [6.45, 7) is 4.71. The Labute approximate surface area is 93.9 Å². The zero-order valence-corrected chi connectivity index (χ0v) is 9.70. The van der Waals surface area contributed by atoms with Crippen molar-refractivity contribution >= 4 is 11.6 Å². The van der Waals surface area contributed by atoms with E-state index in [-0.39, 0.29) is 17.4 Å². The highest BCUT2D eigenvalue weighted by molar-refractivity contribution is 6.20. The second-order valence-corrected chi connectivity index (χ2v) is 4.47. The molecule has 0 bridgehead atoms. The van der Waals surface area contributed by atoms with Gasteiger partial charge in [0.2, 0.25) is 5.89 Å². The van der Waals surface area contributed by atoms with Gasteiger partial charge in [-0.2, -0.15) is 4.98 Å². The van der Waals surface area contributed by atoms with Crippen LogP contribution in [0.4, 0.5) is 0 Å². The lowest BCUT2D eigenvalue weighted by Gasteiger charge is -2.11. The highest BCUT2D eigenvalue weighted by Gasteiger charge is 2.32. The monoisotopic (exact) mass is 230 g/mol. The minimum absolute atomic E-state index is 0.204. The third kappa shape index (κ3) is 2.16. The molecule has 1 fully saturated rings. The van der Waals surface area contributed by atoms with Crippen LogP contribution in [0, 0.1) is 0 Å². The zero-order valence-electron chi connectivity index (χ0n) is 8.94. The van der Waals surface area contributed by atoms with Crippen molar-refractivity contribution in [2.45, 2.75) is 44.1 Å². The first kappa shape index (κ1) is 10.9. The Bertz CT molecular complexity index is 327. The van der Waals surface area contributed by atoms with Gasteiger partial charge < -0.3 is 9.26 Å². The van der Waals surface area contributed by atoms with Crippen LogP contribution in [0.5, 0.6) is 0 Å². The number of halogens is 1. The Morgan fingerprint density at radius 3 is 3.00 bits per heavy atom. The predicted octanol–water partition coefficient (Wildman–Crippen LogP) is 2.65.